The van der Waals surface area contributed by atoms with Crippen LogP contribution in [0.1, 0.15) is 85.3 Å². The van der Waals surface area contributed by atoms with Gasteiger partial charge in [0.25, 0.3) is 5.91 Å². The van der Waals surface area contributed by atoms with Crippen molar-refractivity contribution in [3.63, 3.8) is 0 Å². The SMILES string of the molecule is CCC(CC)(c1ccc(Nc2ncc(Cl)c(Nc3ccc([C@H]4CC[C@H](O)CC4)c4c3C(=O)N(C)C4)n2)c(OC)c1)P(=O)(O)O. The topological polar surface area (TPSA) is 157 Å². The van der Waals surface area contributed by atoms with E-state index in [1.54, 1.807) is 44.0 Å². The molecule has 1 aliphatic heterocycles. The summed E-state index contributed by atoms with van der Waals surface area (Å²) < 4.78 is 18.1. The van der Waals surface area contributed by atoms with Crippen LogP contribution in [0, 0.1) is 0 Å². The second kappa shape index (κ2) is 12.7. The minimum atomic E-state index is -4.48. The summed E-state index contributed by atoms with van der Waals surface area (Å²) in [5.74, 6) is 1.08. The number of fused-ring (bicyclic) bond motifs is 1. The van der Waals surface area contributed by atoms with E-state index < -0.39 is 12.8 Å². The molecule has 0 saturated heterocycles. The van der Waals surface area contributed by atoms with Gasteiger partial charge < -0.3 is 35.2 Å². The summed E-state index contributed by atoms with van der Waals surface area (Å²) >= 11 is 6.50. The van der Waals surface area contributed by atoms with Crippen molar-refractivity contribution in [2.24, 2.45) is 0 Å². The molecule has 2 heterocycles. The molecular formula is C31H39ClN5O6P. The van der Waals surface area contributed by atoms with Crippen LogP contribution in [-0.4, -0.2) is 55.9 Å². The maximum absolute atomic E-state index is 13.3. The number of anilines is 4. The average Bonchev–Trinajstić information content (AvgIpc) is 3.30. The first-order chi connectivity index (χ1) is 20.9. The van der Waals surface area contributed by atoms with Crippen molar-refractivity contribution < 1.29 is 29.0 Å². The highest BCUT2D eigenvalue weighted by molar-refractivity contribution is 7.53. The van der Waals surface area contributed by atoms with E-state index in [1.165, 1.54) is 13.3 Å². The number of nitrogens with zero attached hydrogens (tertiary/aromatic N) is 3. The predicted octanol–water partition coefficient (Wildman–Crippen LogP) is 6.42. The third kappa shape index (κ3) is 5.91. The minimum absolute atomic E-state index is 0.0842. The Bertz CT molecular complexity index is 1600. The van der Waals surface area contributed by atoms with E-state index >= 15 is 0 Å². The molecule has 44 heavy (non-hydrogen) atoms. The van der Waals surface area contributed by atoms with E-state index in [4.69, 9.17) is 16.3 Å². The maximum Gasteiger partial charge on any atom is 0.335 e. The minimum Gasteiger partial charge on any atom is -0.495 e. The van der Waals surface area contributed by atoms with Crippen LogP contribution in [0.2, 0.25) is 5.02 Å². The Kier molecular flexibility index (Phi) is 9.26. The zero-order chi connectivity index (χ0) is 31.8. The fourth-order valence-corrected chi connectivity index (χ4v) is 7.97. The van der Waals surface area contributed by atoms with Gasteiger partial charge in [0.05, 0.1) is 41.5 Å². The Morgan fingerprint density at radius 1 is 1.09 bits per heavy atom. The van der Waals surface area contributed by atoms with Gasteiger partial charge in [-0.2, -0.15) is 4.98 Å². The van der Waals surface area contributed by atoms with E-state index in [0.29, 0.717) is 46.5 Å². The zero-order valence-electron chi connectivity index (χ0n) is 25.3. The molecule has 0 spiro atoms. The Morgan fingerprint density at radius 2 is 1.77 bits per heavy atom. The first-order valence-corrected chi connectivity index (χ1v) is 16.8. The number of nitrogens with one attached hydrogen (secondary N) is 2. The summed E-state index contributed by atoms with van der Waals surface area (Å²) in [6, 6.07) is 8.92. The highest BCUT2D eigenvalue weighted by Gasteiger charge is 2.45. The Morgan fingerprint density at radius 3 is 2.41 bits per heavy atom. The number of halogens is 1. The number of rotatable bonds is 10. The Labute approximate surface area is 262 Å². The number of aliphatic hydroxyl groups is 1. The number of aliphatic hydroxyl groups excluding tert-OH is 1. The van der Waals surface area contributed by atoms with Crippen LogP contribution in [-0.2, 0) is 16.3 Å². The molecule has 2 aromatic carbocycles. The van der Waals surface area contributed by atoms with Crippen LogP contribution in [0.5, 0.6) is 5.75 Å². The highest BCUT2D eigenvalue weighted by atomic mass is 35.5. The van der Waals surface area contributed by atoms with Gasteiger partial charge in [-0.25, -0.2) is 4.98 Å². The molecule has 1 saturated carbocycles. The summed E-state index contributed by atoms with van der Waals surface area (Å²) in [5.41, 5.74) is 4.30. The van der Waals surface area contributed by atoms with Gasteiger partial charge in [-0.05, 0) is 79.3 Å². The van der Waals surface area contributed by atoms with Crippen molar-refractivity contribution in [1.82, 2.24) is 14.9 Å². The van der Waals surface area contributed by atoms with Gasteiger partial charge in [-0.15, -0.1) is 0 Å². The van der Waals surface area contributed by atoms with E-state index in [2.05, 4.69) is 26.7 Å². The molecule has 0 unspecified atom stereocenters. The lowest BCUT2D eigenvalue weighted by Gasteiger charge is -2.33. The fourth-order valence-electron chi connectivity index (χ4n) is 6.54. The highest BCUT2D eigenvalue weighted by Crippen LogP contribution is 2.61. The normalized spacial score (nSPS) is 18.7. The van der Waals surface area contributed by atoms with Crippen molar-refractivity contribution >= 4 is 48.2 Å². The average molecular weight is 644 g/mol. The number of carbonyl (C=O) groups is 1. The largest absolute Gasteiger partial charge is 0.495 e. The molecule has 11 nitrogen and oxygen atoms in total. The van der Waals surface area contributed by atoms with Gasteiger partial charge in [0, 0.05) is 13.6 Å². The molecule has 0 atom stereocenters. The second-order valence-corrected chi connectivity index (χ2v) is 13.9. The van der Waals surface area contributed by atoms with E-state index in [1.807, 2.05) is 6.07 Å². The first-order valence-electron chi connectivity index (χ1n) is 14.8. The third-order valence-electron chi connectivity index (χ3n) is 9.15. The molecule has 0 radical (unpaired) electrons. The summed E-state index contributed by atoms with van der Waals surface area (Å²) in [6.07, 6.45) is 4.97. The van der Waals surface area contributed by atoms with Crippen LogP contribution in [0.25, 0.3) is 0 Å². The zero-order valence-corrected chi connectivity index (χ0v) is 27.0. The smallest absolute Gasteiger partial charge is 0.335 e. The number of methoxy groups -OCH3 is 1. The molecule has 1 amide bonds. The van der Waals surface area contributed by atoms with Crippen molar-refractivity contribution in [2.75, 3.05) is 24.8 Å². The van der Waals surface area contributed by atoms with Gasteiger partial charge in [0.1, 0.15) is 10.8 Å². The van der Waals surface area contributed by atoms with Crippen LogP contribution < -0.4 is 15.4 Å². The van der Waals surface area contributed by atoms with Gasteiger partial charge >= 0.3 is 7.60 Å². The molecule has 13 heteroatoms. The van der Waals surface area contributed by atoms with Gasteiger partial charge in [0.15, 0.2) is 5.82 Å². The monoisotopic (exact) mass is 643 g/mol. The molecule has 0 bridgehead atoms. The Balaban J connectivity index is 1.44. The van der Waals surface area contributed by atoms with Crippen LogP contribution in [0.4, 0.5) is 23.1 Å². The lowest BCUT2D eigenvalue weighted by molar-refractivity contribution is 0.0817. The maximum atomic E-state index is 13.3. The molecule has 1 fully saturated rings. The molecule has 5 N–H and O–H groups in total. The molecule has 3 aromatic rings. The quantitative estimate of drug-likeness (QED) is 0.156. The molecule has 5 rings (SSSR count). The predicted molar refractivity (Wildman–Crippen MR) is 170 cm³/mol. The van der Waals surface area contributed by atoms with E-state index in [-0.39, 0.29) is 35.8 Å². The van der Waals surface area contributed by atoms with Crippen molar-refractivity contribution in [3.8, 4) is 5.75 Å². The van der Waals surface area contributed by atoms with Crippen LogP contribution >= 0.6 is 19.2 Å². The van der Waals surface area contributed by atoms with E-state index in [0.717, 1.165) is 36.8 Å². The molecule has 236 valence electrons. The summed E-state index contributed by atoms with van der Waals surface area (Å²) in [4.78, 5) is 44.2. The Hall–Kier alpha value is -3.21. The van der Waals surface area contributed by atoms with Crippen LogP contribution in [0.3, 0.4) is 0 Å². The second-order valence-electron chi connectivity index (χ2n) is 11.6. The van der Waals surface area contributed by atoms with Gasteiger partial charge in [-0.1, -0.05) is 37.6 Å². The van der Waals surface area contributed by atoms with E-state index in [9.17, 15) is 24.3 Å². The van der Waals surface area contributed by atoms with Crippen molar-refractivity contribution in [3.05, 3.63) is 63.8 Å². The lowest BCUT2D eigenvalue weighted by atomic mass is 9.80. The number of hydrogen-bond acceptors (Lipinski definition) is 8. The first kappa shape index (κ1) is 32.2. The third-order valence-corrected chi connectivity index (χ3v) is 11.4. The molecular weight excluding hydrogens is 605 g/mol. The molecule has 1 aromatic heterocycles. The number of hydrogen-bond donors (Lipinski definition) is 5. The molecule has 1 aliphatic carbocycles. The summed E-state index contributed by atoms with van der Waals surface area (Å²) in [5, 5.41) is 15.3. The van der Waals surface area contributed by atoms with Crippen molar-refractivity contribution in [1.29, 1.82) is 0 Å². The standard InChI is InChI=1S/C31H39ClN5O6P/c1-5-31(6-2,44(40,41)42)19-9-13-24(26(15-19)43-4)35-30-33-16-23(32)28(36-30)34-25-14-12-21(18-7-10-20(38)11-8-18)22-17-37(3)29(39)27(22)25/h9,12-16,18,20,38H,5-8,10-11,17H2,1-4H3,(H2,40,41,42)(H2,33,34,35,36)/t18-,20-. The van der Waals surface area contributed by atoms with Crippen LogP contribution in [0.15, 0.2) is 36.5 Å². The number of benzene rings is 2. The van der Waals surface area contributed by atoms with Crippen molar-refractivity contribution in [2.45, 2.75) is 76.1 Å². The fraction of sp³-hybridized carbons (Fsp3) is 0.452. The summed E-state index contributed by atoms with van der Waals surface area (Å²) in [6.45, 7) is 4.03. The number of ether oxygens (including phenoxy) is 1. The number of carbonyl (C=O) groups excluding carboxylic acids is 1. The summed E-state index contributed by atoms with van der Waals surface area (Å²) in [7, 11) is -1.22. The van der Waals surface area contributed by atoms with Gasteiger partial charge in [-0.3, -0.25) is 9.36 Å². The number of aromatic nitrogens is 2. The molecule has 2 aliphatic rings. The van der Waals surface area contributed by atoms with Gasteiger partial charge in [0.2, 0.25) is 5.95 Å². The number of amides is 1. The lowest BCUT2D eigenvalue weighted by Crippen LogP contribution is -2.24.